The summed E-state index contributed by atoms with van der Waals surface area (Å²) >= 11 is 6.25. The van der Waals surface area contributed by atoms with Crippen LogP contribution in [0.25, 0.3) is 0 Å². The molecule has 0 spiro atoms. The second kappa shape index (κ2) is 9.79. The number of nitrogens with zero attached hydrogens (tertiary/aromatic N) is 2. The normalized spacial score (nSPS) is 16.2. The molecule has 4 rings (SSSR count). The van der Waals surface area contributed by atoms with E-state index in [9.17, 15) is 9.59 Å². The van der Waals surface area contributed by atoms with Crippen LogP contribution in [-0.2, 0) is 11.2 Å². The Labute approximate surface area is 186 Å². The molecular formula is C24H24ClN3O3. The monoisotopic (exact) mass is 437 g/mol. The van der Waals surface area contributed by atoms with E-state index in [1.165, 1.54) is 0 Å². The molecule has 0 saturated carbocycles. The fourth-order valence-corrected chi connectivity index (χ4v) is 4.03. The highest BCUT2D eigenvalue weighted by Gasteiger charge is 2.31. The number of likely N-dealkylation sites (tertiary alicyclic amines) is 1. The van der Waals surface area contributed by atoms with E-state index in [2.05, 4.69) is 10.3 Å². The summed E-state index contributed by atoms with van der Waals surface area (Å²) in [7, 11) is 0. The number of carbonyl (C=O) groups is 2. The molecule has 31 heavy (non-hydrogen) atoms. The van der Waals surface area contributed by atoms with Gasteiger partial charge in [0.2, 0.25) is 11.8 Å². The molecule has 1 aromatic heterocycles. The fraction of sp³-hybridized carbons (Fsp3) is 0.292. The summed E-state index contributed by atoms with van der Waals surface area (Å²) in [6.07, 6.45) is 4.94. The molecule has 0 bridgehead atoms. The number of halogens is 1. The van der Waals surface area contributed by atoms with E-state index in [1.807, 2.05) is 30.3 Å². The van der Waals surface area contributed by atoms with E-state index in [0.29, 0.717) is 35.2 Å². The third kappa shape index (κ3) is 5.14. The Morgan fingerprint density at radius 1 is 1.10 bits per heavy atom. The minimum absolute atomic E-state index is 0.0581. The van der Waals surface area contributed by atoms with Crippen LogP contribution in [0.5, 0.6) is 0 Å². The zero-order valence-corrected chi connectivity index (χ0v) is 17.8. The highest BCUT2D eigenvalue weighted by Crippen LogP contribution is 2.31. The molecule has 0 aliphatic carbocycles. The summed E-state index contributed by atoms with van der Waals surface area (Å²) in [6.45, 7) is 0.560. The van der Waals surface area contributed by atoms with Crippen molar-refractivity contribution in [2.75, 3.05) is 13.1 Å². The van der Waals surface area contributed by atoms with Gasteiger partial charge in [-0.2, -0.15) is 0 Å². The largest absolute Gasteiger partial charge is 0.443 e. The van der Waals surface area contributed by atoms with E-state index in [1.54, 1.807) is 35.4 Å². The first-order chi connectivity index (χ1) is 15.1. The lowest BCUT2D eigenvalue weighted by Crippen LogP contribution is -2.44. The van der Waals surface area contributed by atoms with Gasteiger partial charge in [0.25, 0.3) is 5.91 Å². The number of amides is 2. The van der Waals surface area contributed by atoms with Gasteiger partial charge in [-0.25, -0.2) is 4.98 Å². The lowest BCUT2D eigenvalue weighted by Gasteiger charge is -2.33. The predicted molar refractivity (Wildman–Crippen MR) is 118 cm³/mol. The third-order valence-electron chi connectivity index (χ3n) is 5.44. The Hall–Kier alpha value is -3.12. The minimum atomic E-state index is -0.263. The lowest BCUT2D eigenvalue weighted by molar-refractivity contribution is -0.134. The zero-order valence-electron chi connectivity index (χ0n) is 17.1. The number of aromatic nitrogens is 1. The Bertz CT molecular complexity index is 1050. The summed E-state index contributed by atoms with van der Waals surface area (Å²) in [5, 5.41) is 3.40. The lowest BCUT2D eigenvalue weighted by atomic mass is 10.0. The number of piperidine rings is 1. The second-order valence-corrected chi connectivity index (χ2v) is 7.99. The highest BCUT2D eigenvalue weighted by molar-refractivity contribution is 6.31. The van der Waals surface area contributed by atoms with Gasteiger partial charge in [0.05, 0.1) is 12.7 Å². The van der Waals surface area contributed by atoms with Crippen molar-refractivity contribution in [3.8, 4) is 0 Å². The van der Waals surface area contributed by atoms with Crippen LogP contribution in [0.15, 0.2) is 65.2 Å². The Morgan fingerprint density at radius 3 is 2.68 bits per heavy atom. The molecule has 3 aromatic rings. The number of hydrogen-bond donors (Lipinski definition) is 1. The van der Waals surface area contributed by atoms with Crippen molar-refractivity contribution in [1.82, 2.24) is 15.2 Å². The van der Waals surface area contributed by atoms with Gasteiger partial charge in [0.1, 0.15) is 11.8 Å². The molecule has 0 radical (unpaired) electrons. The van der Waals surface area contributed by atoms with Crippen LogP contribution in [0, 0.1) is 0 Å². The van der Waals surface area contributed by atoms with Crippen LogP contribution < -0.4 is 5.32 Å². The molecule has 2 heterocycles. The van der Waals surface area contributed by atoms with E-state index < -0.39 is 0 Å². The first-order valence-electron chi connectivity index (χ1n) is 10.4. The van der Waals surface area contributed by atoms with E-state index in [-0.39, 0.29) is 24.4 Å². The average molecular weight is 438 g/mol. The molecule has 2 aromatic carbocycles. The average Bonchev–Trinajstić information content (AvgIpc) is 3.28. The first-order valence-corrected chi connectivity index (χ1v) is 10.8. The third-order valence-corrected chi connectivity index (χ3v) is 5.81. The molecule has 1 saturated heterocycles. The van der Waals surface area contributed by atoms with Crippen LogP contribution in [0.4, 0.5) is 0 Å². The van der Waals surface area contributed by atoms with Gasteiger partial charge in [-0.15, -0.1) is 0 Å². The van der Waals surface area contributed by atoms with Crippen molar-refractivity contribution in [2.24, 2.45) is 0 Å². The maximum atomic E-state index is 12.9. The van der Waals surface area contributed by atoms with Crippen LogP contribution in [0.2, 0.25) is 5.02 Å². The summed E-state index contributed by atoms with van der Waals surface area (Å²) in [6, 6.07) is 16.3. The van der Waals surface area contributed by atoms with Crippen molar-refractivity contribution >= 4 is 23.4 Å². The van der Waals surface area contributed by atoms with Crippen molar-refractivity contribution in [1.29, 1.82) is 0 Å². The van der Waals surface area contributed by atoms with Crippen molar-refractivity contribution in [3.05, 3.63) is 88.6 Å². The van der Waals surface area contributed by atoms with E-state index in [0.717, 1.165) is 24.8 Å². The van der Waals surface area contributed by atoms with Crippen LogP contribution in [0.3, 0.4) is 0 Å². The molecule has 1 aliphatic heterocycles. The van der Waals surface area contributed by atoms with Gasteiger partial charge in [-0.3, -0.25) is 9.59 Å². The van der Waals surface area contributed by atoms with Gasteiger partial charge in [0, 0.05) is 23.6 Å². The first kappa shape index (κ1) is 21.1. The Kier molecular flexibility index (Phi) is 6.67. The number of oxazole rings is 1. The second-order valence-electron chi connectivity index (χ2n) is 7.58. The van der Waals surface area contributed by atoms with Crippen molar-refractivity contribution < 1.29 is 14.0 Å². The molecule has 6 nitrogen and oxygen atoms in total. The van der Waals surface area contributed by atoms with Crippen LogP contribution >= 0.6 is 11.6 Å². The minimum Gasteiger partial charge on any atom is -0.443 e. The number of benzene rings is 2. The maximum absolute atomic E-state index is 12.9. The Morgan fingerprint density at radius 2 is 1.87 bits per heavy atom. The molecule has 7 heteroatoms. The van der Waals surface area contributed by atoms with Gasteiger partial charge >= 0.3 is 0 Å². The molecule has 2 amide bonds. The van der Waals surface area contributed by atoms with E-state index in [4.69, 9.17) is 16.0 Å². The fourth-order valence-electron chi connectivity index (χ4n) is 3.82. The smallest absolute Gasteiger partial charge is 0.251 e. The molecular weight excluding hydrogens is 414 g/mol. The molecule has 1 aliphatic rings. The summed E-state index contributed by atoms with van der Waals surface area (Å²) in [5.41, 5.74) is 1.49. The van der Waals surface area contributed by atoms with Gasteiger partial charge in [0.15, 0.2) is 0 Å². The van der Waals surface area contributed by atoms with Crippen LogP contribution in [0.1, 0.15) is 52.9 Å². The zero-order chi connectivity index (χ0) is 21.6. The SMILES string of the molecule is O=C(NCC(=O)N1CCCCC1c1ncc(Cc2ccccc2Cl)o1)c1ccccc1. The molecule has 160 valence electrons. The topological polar surface area (TPSA) is 75.4 Å². The van der Waals surface area contributed by atoms with Crippen LogP contribution in [-0.4, -0.2) is 34.8 Å². The van der Waals surface area contributed by atoms with Crippen molar-refractivity contribution in [3.63, 3.8) is 0 Å². The van der Waals surface area contributed by atoms with Crippen molar-refractivity contribution in [2.45, 2.75) is 31.7 Å². The number of rotatable bonds is 6. The molecule has 1 fully saturated rings. The number of hydrogen-bond acceptors (Lipinski definition) is 4. The van der Waals surface area contributed by atoms with Gasteiger partial charge in [-0.1, -0.05) is 48.0 Å². The summed E-state index contributed by atoms with van der Waals surface area (Å²) in [5.74, 6) is 0.837. The summed E-state index contributed by atoms with van der Waals surface area (Å²) < 4.78 is 6.01. The Balaban J connectivity index is 1.41. The maximum Gasteiger partial charge on any atom is 0.251 e. The number of carbonyl (C=O) groups excluding carboxylic acids is 2. The summed E-state index contributed by atoms with van der Waals surface area (Å²) in [4.78, 5) is 31.4. The molecule has 1 unspecified atom stereocenters. The van der Waals surface area contributed by atoms with E-state index >= 15 is 0 Å². The predicted octanol–water partition coefficient (Wildman–Crippen LogP) is 4.40. The highest BCUT2D eigenvalue weighted by atomic mass is 35.5. The quantitative estimate of drug-likeness (QED) is 0.620. The standard InChI is InChI=1S/C24H24ClN3O3/c25-20-11-5-4-10-18(20)14-19-15-27-24(31-19)21-12-6-7-13-28(21)22(29)16-26-23(30)17-8-2-1-3-9-17/h1-5,8-11,15,21H,6-7,12-14,16H2,(H,26,30). The van der Waals surface area contributed by atoms with Gasteiger partial charge in [-0.05, 0) is 43.0 Å². The van der Waals surface area contributed by atoms with Gasteiger partial charge < -0.3 is 14.6 Å². The number of nitrogens with one attached hydrogen (secondary N) is 1. The molecule has 1 atom stereocenters. The molecule has 1 N–H and O–H groups in total.